The smallest absolute Gasteiger partial charge is 0.251 e. The Bertz CT molecular complexity index is 631. The van der Waals surface area contributed by atoms with Gasteiger partial charge in [0.1, 0.15) is 0 Å². The van der Waals surface area contributed by atoms with E-state index in [4.69, 9.17) is 0 Å². The summed E-state index contributed by atoms with van der Waals surface area (Å²) in [5.41, 5.74) is 2.60. The average molecular weight is 284 g/mol. The van der Waals surface area contributed by atoms with Crippen molar-refractivity contribution in [2.24, 2.45) is 0 Å². The molecule has 0 spiro atoms. The highest BCUT2D eigenvalue weighted by Crippen LogP contribution is 2.12. The summed E-state index contributed by atoms with van der Waals surface area (Å²) in [4.78, 5) is 12.0. The van der Waals surface area contributed by atoms with Crippen molar-refractivity contribution in [3.8, 4) is 0 Å². The number of nitrogens with one attached hydrogen (secondary N) is 2. The van der Waals surface area contributed by atoms with E-state index in [0.29, 0.717) is 12.1 Å². The number of rotatable bonds is 6. The molecule has 2 N–H and O–H groups in total. The zero-order valence-corrected chi connectivity index (χ0v) is 12.3. The first-order valence-electron chi connectivity index (χ1n) is 6.89. The number of anilines is 1. The number of hydrogen-bond acceptors (Lipinski definition) is 3. The van der Waals surface area contributed by atoms with E-state index in [0.717, 1.165) is 11.3 Å². The SMILES string of the molecule is C=Cn1cc(CNc2cccc(C(=O)NC(C)C)c2)cn1. The highest BCUT2D eigenvalue weighted by molar-refractivity contribution is 5.95. The fraction of sp³-hybridized carbons (Fsp3) is 0.250. The molecule has 0 saturated carbocycles. The Morgan fingerprint density at radius 3 is 2.95 bits per heavy atom. The van der Waals surface area contributed by atoms with Crippen molar-refractivity contribution < 1.29 is 4.79 Å². The number of hydrogen-bond donors (Lipinski definition) is 2. The number of aromatic nitrogens is 2. The van der Waals surface area contributed by atoms with Crippen molar-refractivity contribution in [3.63, 3.8) is 0 Å². The molecule has 2 aromatic rings. The van der Waals surface area contributed by atoms with Gasteiger partial charge in [0.25, 0.3) is 5.91 Å². The minimum absolute atomic E-state index is 0.0619. The topological polar surface area (TPSA) is 59.0 Å². The third-order valence-corrected chi connectivity index (χ3v) is 2.88. The summed E-state index contributed by atoms with van der Waals surface area (Å²) in [7, 11) is 0. The van der Waals surface area contributed by atoms with Gasteiger partial charge in [0.05, 0.1) is 6.20 Å². The normalized spacial score (nSPS) is 10.4. The zero-order valence-electron chi connectivity index (χ0n) is 12.3. The molecule has 1 amide bonds. The van der Waals surface area contributed by atoms with Gasteiger partial charge in [-0.1, -0.05) is 12.6 Å². The van der Waals surface area contributed by atoms with Gasteiger partial charge in [-0.15, -0.1) is 0 Å². The molecule has 1 aromatic heterocycles. The number of carbonyl (C=O) groups is 1. The van der Waals surface area contributed by atoms with Gasteiger partial charge < -0.3 is 10.6 Å². The third kappa shape index (κ3) is 4.21. The number of amides is 1. The minimum Gasteiger partial charge on any atom is -0.381 e. The number of carbonyl (C=O) groups excluding carboxylic acids is 1. The Morgan fingerprint density at radius 2 is 2.29 bits per heavy atom. The van der Waals surface area contributed by atoms with E-state index in [1.165, 1.54) is 0 Å². The van der Waals surface area contributed by atoms with Crippen molar-refractivity contribution in [2.75, 3.05) is 5.32 Å². The van der Waals surface area contributed by atoms with Crippen molar-refractivity contribution in [2.45, 2.75) is 26.4 Å². The second-order valence-corrected chi connectivity index (χ2v) is 5.07. The molecule has 0 unspecified atom stereocenters. The summed E-state index contributed by atoms with van der Waals surface area (Å²) >= 11 is 0. The van der Waals surface area contributed by atoms with Crippen LogP contribution < -0.4 is 10.6 Å². The summed E-state index contributed by atoms with van der Waals surface area (Å²) in [5.74, 6) is -0.0619. The van der Waals surface area contributed by atoms with Crippen molar-refractivity contribution in [3.05, 3.63) is 54.4 Å². The molecule has 0 aliphatic heterocycles. The van der Waals surface area contributed by atoms with Gasteiger partial charge in [0, 0.05) is 41.8 Å². The van der Waals surface area contributed by atoms with Crippen LogP contribution in [0.1, 0.15) is 29.8 Å². The maximum absolute atomic E-state index is 12.0. The molecule has 110 valence electrons. The lowest BCUT2D eigenvalue weighted by molar-refractivity contribution is 0.0943. The Balaban J connectivity index is 2.00. The minimum atomic E-state index is -0.0619. The lowest BCUT2D eigenvalue weighted by atomic mass is 10.1. The second kappa shape index (κ2) is 6.74. The summed E-state index contributed by atoms with van der Waals surface area (Å²) in [5, 5.41) is 10.3. The molecule has 0 fully saturated rings. The van der Waals surface area contributed by atoms with Crippen LogP contribution in [0.4, 0.5) is 5.69 Å². The lowest BCUT2D eigenvalue weighted by Gasteiger charge is -2.10. The molecule has 0 saturated heterocycles. The summed E-state index contributed by atoms with van der Waals surface area (Å²) in [6.45, 7) is 8.18. The van der Waals surface area contributed by atoms with E-state index < -0.39 is 0 Å². The van der Waals surface area contributed by atoms with E-state index in [9.17, 15) is 4.79 Å². The highest BCUT2D eigenvalue weighted by atomic mass is 16.1. The Labute approximate surface area is 124 Å². The molecule has 0 radical (unpaired) electrons. The molecule has 1 aromatic carbocycles. The van der Waals surface area contributed by atoms with Crippen LogP contribution in [0.3, 0.4) is 0 Å². The maximum atomic E-state index is 12.0. The molecular formula is C16H20N4O. The standard InChI is InChI=1S/C16H20N4O/c1-4-20-11-13(10-18-20)9-17-15-7-5-6-14(8-15)16(21)19-12(2)3/h4-8,10-12,17H,1,9H2,2-3H3,(H,19,21). The van der Waals surface area contributed by atoms with E-state index in [1.54, 1.807) is 23.1 Å². The van der Waals surface area contributed by atoms with Crippen molar-refractivity contribution >= 4 is 17.8 Å². The second-order valence-electron chi connectivity index (χ2n) is 5.07. The summed E-state index contributed by atoms with van der Waals surface area (Å²) in [6, 6.07) is 7.57. The largest absolute Gasteiger partial charge is 0.381 e. The van der Waals surface area contributed by atoms with Crippen molar-refractivity contribution in [1.82, 2.24) is 15.1 Å². The Hall–Kier alpha value is -2.56. The van der Waals surface area contributed by atoms with Crippen LogP contribution in [0.2, 0.25) is 0 Å². The third-order valence-electron chi connectivity index (χ3n) is 2.88. The highest BCUT2D eigenvalue weighted by Gasteiger charge is 2.07. The average Bonchev–Trinajstić information content (AvgIpc) is 2.93. The molecule has 0 aliphatic rings. The van der Waals surface area contributed by atoms with Gasteiger partial charge in [-0.05, 0) is 32.0 Å². The van der Waals surface area contributed by atoms with E-state index in [2.05, 4.69) is 22.3 Å². The van der Waals surface area contributed by atoms with Crippen LogP contribution >= 0.6 is 0 Å². The van der Waals surface area contributed by atoms with Crippen molar-refractivity contribution in [1.29, 1.82) is 0 Å². The molecule has 2 rings (SSSR count). The van der Waals surface area contributed by atoms with Crippen LogP contribution in [0, 0.1) is 0 Å². The monoisotopic (exact) mass is 284 g/mol. The summed E-state index contributed by atoms with van der Waals surface area (Å²) in [6.07, 6.45) is 5.32. The van der Waals surface area contributed by atoms with Gasteiger partial charge in [-0.3, -0.25) is 4.79 Å². The van der Waals surface area contributed by atoms with Gasteiger partial charge in [0.2, 0.25) is 0 Å². The van der Waals surface area contributed by atoms with Crippen LogP contribution in [0.5, 0.6) is 0 Å². The van der Waals surface area contributed by atoms with Crippen LogP contribution in [0.15, 0.2) is 43.2 Å². The van der Waals surface area contributed by atoms with Crippen LogP contribution in [-0.2, 0) is 6.54 Å². The molecule has 1 heterocycles. The fourth-order valence-electron chi connectivity index (χ4n) is 1.89. The number of benzene rings is 1. The quantitative estimate of drug-likeness (QED) is 0.857. The zero-order chi connectivity index (χ0) is 15.2. The Morgan fingerprint density at radius 1 is 1.48 bits per heavy atom. The Kier molecular flexibility index (Phi) is 4.77. The van der Waals surface area contributed by atoms with Gasteiger partial charge in [-0.25, -0.2) is 4.68 Å². The van der Waals surface area contributed by atoms with Crippen LogP contribution in [-0.4, -0.2) is 21.7 Å². The first-order chi connectivity index (χ1) is 10.1. The van der Waals surface area contributed by atoms with E-state index >= 15 is 0 Å². The van der Waals surface area contributed by atoms with Gasteiger partial charge in [0.15, 0.2) is 0 Å². The van der Waals surface area contributed by atoms with E-state index in [-0.39, 0.29) is 11.9 Å². The number of nitrogens with zero attached hydrogens (tertiary/aromatic N) is 2. The van der Waals surface area contributed by atoms with E-state index in [1.807, 2.05) is 38.2 Å². The molecule has 5 heteroatoms. The van der Waals surface area contributed by atoms with Crippen LogP contribution in [0.25, 0.3) is 6.20 Å². The molecule has 5 nitrogen and oxygen atoms in total. The molecule has 21 heavy (non-hydrogen) atoms. The van der Waals surface area contributed by atoms with Gasteiger partial charge in [-0.2, -0.15) is 5.10 Å². The first-order valence-corrected chi connectivity index (χ1v) is 6.89. The van der Waals surface area contributed by atoms with Gasteiger partial charge >= 0.3 is 0 Å². The fourth-order valence-corrected chi connectivity index (χ4v) is 1.89. The predicted octanol–water partition coefficient (Wildman–Crippen LogP) is 2.73. The summed E-state index contributed by atoms with van der Waals surface area (Å²) < 4.78 is 1.66. The maximum Gasteiger partial charge on any atom is 0.251 e. The molecule has 0 aliphatic carbocycles. The lowest BCUT2D eigenvalue weighted by Crippen LogP contribution is -2.30. The molecular weight excluding hydrogens is 264 g/mol. The molecule has 0 atom stereocenters. The molecule has 0 bridgehead atoms. The predicted molar refractivity (Wildman–Crippen MR) is 85.0 cm³/mol. The first kappa shape index (κ1) is 14.8.